The van der Waals surface area contributed by atoms with Crippen LogP contribution in [0.3, 0.4) is 0 Å². The first-order chi connectivity index (χ1) is 9.31. The summed E-state index contributed by atoms with van der Waals surface area (Å²) < 4.78 is 0. The lowest BCUT2D eigenvalue weighted by molar-refractivity contribution is 0.219. The van der Waals surface area contributed by atoms with Crippen LogP contribution in [0.2, 0.25) is 0 Å². The lowest BCUT2D eigenvalue weighted by atomic mass is 9.95. The number of rotatable bonds is 2. The van der Waals surface area contributed by atoms with Crippen molar-refractivity contribution in [3.8, 4) is 11.5 Å². The maximum Gasteiger partial charge on any atom is 0.121 e. The predicted molar refractivity (Wildman–Crippen MR) is 79.2 cm³/mol. The third kappa shape index (κ3) is 2.49. The van der Waals surface area contributed by atoms with Crippen LogP contribution in [0.25, 0.3) is 0 Å². The highest BCUT2D eigenvalue weighted by atomic mass is 16.3. The molecule has 0 heterocycles. The number of phenolic OH excluding ortho intramolecular Hbond substituents is 2. The van der Waals surface area contributed by atoms with Gasteiger partial charge in [-0.1, -0.05) is 0 Å². The van der Waals surface area contributed by atoms with Crippen molar-refractivity contribution in [2.75, 3.05) is 0 Å². The zero-order chi connectivity index (χ0) is 15.0. The number of hydrogen-bond donors (Lipinski definition) is 3. The largest absolute Gasteiger partial charge is 0.507 e. The molecule has 0 spiro atoms. The minimum absolute atomic E-state index is 0.263. The Morgan fingerprint density at radius 2 is 0.900 bits per heavy atom. The molecule has 106 valence electrons. The fraction of sp³-hybridized carbons (Fsp3) is 0.294. The molecule has 2 rings (SSSR count). The maximum absolute atomic E-state index is 10.5. The van der Waals surface area contributed by atoms with E-state index in [9.17, 15) is 15.3 Å². The lowest BCUT2D eigenvalue weighted by Gasteiger charge is -2.16. The van der Waals surface area contributed by atoms with Crippen LogP contribution in [-0.4, -0.2) is 15.3 Å². The first kappa shape index (κ1) is 14.4. The average molecular weight is 272 g/mol. The Hall–Kier alpha value is -2.00. The second-order valence-corrected chi connectivity index (χ2v) is 5.41. The Morgan fingerprint density at radius 3 is 1.15 bits per heavy atom. The maximum atomic E-state index is 10.5. The van der Waals surface area contributed by atoms with Crippen molar-refractivity contribution in [2.45, 2.75) is 33.8 Å². The van der Waals surface area contributed by atoms with Crippen LogP contribution >= 0.6 is 0 Å². The predicted octanol–water partition coefficient (Wildman–Crippen LogP) is 3.41. The molecule has 0 aromatic heterocycles. The summed E-state index contributed by atoms with van der Waals surface area (Å²) in [5, 5.41) is 30.1. The Bertz CT molecular complexity index is 556. The second kappa shape index (κ2) is 5.17. The van der Waals surface area contributed by atoms with E-state index >= 15 is 0 Å². The van der Waals surface area contributed by atoms with E-state index in [2.05, 4.69) is 0 Å². The molecule has 0 amide bonds. The Labute approximate surface area is 119 Å². The van der Waals surface area contributed by atoms with Crippen molar-refractivity contribution < 1.29 is 15.3 Å². The van der Waals surface area contributed by atoms with Gasteiger partial charge in [0.05, 0.1) is 0 Å². The summed E-state index contributed by atoms with van der Waals surface area (Å²) >= 11 is 0. The number of phenols is 2. The molecule has 0 aliphatic rings. The third-order valence-corrected chi connectivity index (χ3v) is 3.66. The van der Waals surface area contributed by atoms with Gasteiger partial charge in [-0.3, -0.25) is 0 Å². The number of aryl methyl sites for hydroxylation is 4. The molecule has 0 aliphatic heterocycles. The number of hydrogen-bond acceptors (Lipinski definition) is 3. The molecule has 0 bridgehead atoms. The molecule has 3 heteroatoms. The smallest absolute Gasteiger partial charge is 0.121 e. The molecule has 0 unspecified atom stereocenters. The molecule has 0 aliphatic carbocycles. The molecule has 2 aromatic rings. The van der Waals surface area contributed by atoms with E-state index in [4.69, 9.17) is 0 Å². The summed E-state index contributed by atoms with van der Waals surface area (Å²) in [5.74, 6) is 0.526. The molecule has 0 atom stereocenters. The highest BCUT2D eigenvalue weighted by molar-refractivity contribution is 5.48. The molecular formula is C17H20O3. The summed E-state index contributed by atoms with van der Waals surface area (Å²) in [6.07, 6.45) is -0.772. The van der Waals surface area contributed by atoms with Crippen molar-refractivity contribution in [3.63, 3.8) is 0 Å². The van der Waals surface area contributed by atoms with Crippen molar-refractivity contribution in [3.05, 3.63) is 57.6 Å². The number of aliphatic hydroxyl groups excluding tert-OH is 1. The molecule has 20 heavy (non-hydrogen) atoms. The molecule has 0 radical (unpaired) electrons. The van der Waals surface area contributed by atoms with Crippen LogP contribution in [0.4, 0.5) is 0 Å². The molecule has 2 aromatic carbocycles. The topological polar surface area (TPSA) is 60.7 Å². The SMILES string of the molecule is Cc1cc(C(O)c2cc(C)c(O)c(C)c2)cc(C)c1O. The highest BCUT2D eigenvalue weighted by Gasteiger charge is 2.15. The third-order valence-electron chi connectivity index (χ3n) is 3.66. The van der Waals surface area contributed by atoms with E-state index in [1.165, 1.54) is 0 Å². The van der Waals surface area contributed by atoms with Gasteiger partial charge in [0.1, 0.15) is 17.6 Å². The van der Waals surface area contributed by atoms with Gasteiger partial charge < -0.3 is 15.3 Å². The zero-order valence-electron chi connectivity index (χ0n) is 12.2. The highest BCUT2D eigenvalue weighted by Crippen LogP contribution is 2.32. The average Bonchev–Trinajstić information content (AvgIpc) is 2.40. The molecule has 3 N–H and O–H groups in total. The second-order valence-electron chi connectivity index (χ2n) is 5.41. The molecular weight excluding hydrogens is 252 g/mol. The van der Waals surface area contributed by atoms with Crippen molar-refractivity contribution in [1.82, 2.24) is 0 Å². The van der Waals surface area contributed by atoms with E-state index in [0.29, 0.717) is 0 Å². The fourth-order valence-electron chi connectivity index (χ4n) is 2.49. The summed E-state index contributed by atoms with van der Waals surface area (Å²) in [5.41, 5.74) is 4.44. The summed E-state index contributed by atoms with van der Waals surface area (Å²) in [4.78, 5) is 0. The zero-order valence-corrected chi connectivity index (χ0v) is 12.2. The molecule has 0 fully saturated rings. The molecule has 0 saturated heterocycles. The van der Waals surface area contributed by atoms with E-state index in [1.807, 2.05) is 27.7 Å². The quantitative estimate of drug-likeness (QED) is 0.785. The van der Waals surface area contributed by atoms with Gasteiger partial charge in [-0.05, 0) is 85.3 Å². The van der Waals surface area contributed by atoms with Gasteiger partial charge in [0.25, 0.3) is 0 Å². The van der Waals surface area contributed by atoms with E-state index < -0.39 is 6.10 Å². The summed E-state index contributed by atoms with van der Waals surface area (Å²) in [6, 6.07) is 7.13. The number of aliphatic hydroxyl groups is 1. The van der Waals surface area contributed by atoms with Gasteiger partial charge in [-0.2, -0.15) is 0 Å². The van der Waals surface area contributed by atoms with Gasteiger partial charge >= 0.3 is 0 Å². The minimum atomic E-state index is -0.772. The minimum Gasteiger partial charge on any atom is -0.507 e. The number of benzene rings is 2. The van der Waals surface area contributed by atoms with Crippen molar-refractivity contribution in [1.29, 1.82) is 0 Å². The standard InChI is InChI=1S/C17H20O3/c1-9-5-13(6-10(2)15(9)18)17(20)14-7-11(3)16(19)12(4)8-14/h5-8,17-20H,1-4H3. The molecule has 0 saturated carbocycles. The van der Waals surface area contributed by atoms with E-state index in [1.54, 1.807) is 24.3 Å². The first-order valence-corrected chi connectivity index (χ1v) is 6.59. The van der Waals surface area contributed by atoms with Crippen LogP contribution in [0.5, 0.6) is 11.5 Å². The van der Waals surface area contributed by atoms with Gasteiger partial charge in [0, 0.05) is 0 Å². The first-order valence-electron chi connectivity index (χ1n) is 6.59. The Kier molecular flexibility index (Phi) is 3.73. The van der Waals surface area contributed by atoms with Crippen LogP contribution in [0, 0.1) is 27.7 Å². The normalized spacial score (nSPS) is 11.1. The van der Waals surface area contributed by atoms with Crippen LogP contribution in [0.15, 0.2) is 24.3 Å². The van der Waals surface area contributed by atoms with Gasteiger partial charge in [0.15, 0.2) is 0 Å². The fourth-order valence-corrected chi connectivity index (χ4v) is 2.49. The monoisotopic (exact) mass is 272 g/mol. The van der Waals surface area contributed by atoms with Gasteiger partial charge in [0.2, 0.25) is 0 Å². The van der Waals surface area contributed by atoms with Crippen molar-refractivity contribution >= 4 is 0 Å². The van der Waals surface area contributed by atoms with Crippen LogP contribution in [-0.2, 0) is 0 Å². The van der Waals surface area contributed by atoms with E-state index in [0.717, 1.165) is 33.4 Å². The van der Waals surface area contributed by atoms with Crippen LogP contribution < -0.4 is 0 Å². The Morgan fingerprint density at radius 1 is 0.650 bits per heavy atom. The van der Waals surface area contributed by atoms with Gasteiger partial charge in [-0.15, -0.1) is 0 Å². The van der Waals surface area contributed by atoms with Crippen molar-refractivity contribution in [2.24, 2.45) is 0 Å². The molecule has 3 nitrogen and oxygen atoms in total. The lowest BCUT2D eigenvalue weighted by Crippen LogP contribution is -2.02. The van der Waals surface area contributed by atoms with Gasteiger partial charge in [-0.25, -0.2) is 0 Å². The van der Waals surface area contributed by atoms with Crippen LogP contribution in [0.1, 0.15) is 39.5 Å². The van der Waals surface area contributed by atoms with E-state index in [-0.39, 0.29) is 11.5 Å². The Balaban J connectivity index is 2.49. The summed E-state index contributed by atoms with van der Waals surface area (Å²) in [7, 11) is 0. The summed E-state index contributed by atoms with van der Waals surface area (Å²) in [6.45, 7) is 7.25. The number of aromatic hydroxyl groups is 2.